The molecule has 3 rings (SSSR count). The maximum Gasteiger partial charge on any atom is 0.348 e. The summed E-state index contributed by atoms with van der Waals surface area (Å²) in [5, 5.41) is 28.9. The van der Waals surface area contributed by atoms with Gasteiger partial charge in [-0.05, 0) is 37.4 Å². The molecule has 0 atom stereocenters. The fourth-order valence-corrected chi connectivity index (χ4v) is 4.30. The number of carboxylic acids is 1. The molecule has 2 heterocycles. The second-order valence-electron chi connectivity index (χ2n) is 5.39. The van der Waals surface area contributed by atoms with Crippen molar-refractivity contribution in [1.82, 2.24) is 4.98 Å². The van der Waals surface area contributed by atoms with E-state index in [-0.39, 0.29) is 16.7 Å². The molecule has 0 spiro atoms. The molecule has 6 nitrogen and oxygen atoms in total. The predicted octanol–water partition coefficient (Wildman–Crippen LogP) is 4.25. The van der Waals surface area contributed by atoms with Crippen LogP contribution in [0.25, 0.3) is 20.0 Å². The van der Waals surface area contributed by atoms with Gasteiger partial charge in [0.1, 0.15) is 22.9 Å². The first-order valence-corrected chi connectivity index (χ1v) is 8.85. The lowest BCUT2D eigenvalue weighted by Gasteiger charge is -2.09. The van der Waals surface area contributed by atoms with E-state index in [4.69, 9.17) is 15.1 Å². The zero-order valence-electron chi connectivity index (χ0n) is 13.2. The van der Waals surface area contributed by atoms with Crippen molar-refractivity contribution in [3.8, 4) is 27.8 Å². The third-order valence-corrected chi connectivity index (χ3v) is 5.62. The van der Waals surface area contributed by atoms with Crippen LogP contribution < -0.4 is 4.74 Å². The Balaban J connectivity index is 2.15. The number of benzene rings is 1. The lowest BCUT2D eigenvalue weighted by Crippen LogP contribution is -2.05. The van der Waals surface area contributed by atoms with Crippen molar-refractivity contribution in [2.75, 3.05) is 0 Å². The number of rotatable bonds is 4. The van der Waals surface area contributed by atoms with Gasteiger partial charge >= 0.3 is 5.97 Å². The third-order valence-electron chi connectivity index (χ3n) is 3.22. The van der Waals surface area contributed by atoms with E-state index < -0.39 is 5.97 Å². The van der Waals surface area contributed by atoms with Gasteiger partial charge < -0.3 is 9.84 Å². The highest BCUT2D eigenvalue weighted by Crippen LogP contribution is 2.39. The van der Waals surface area contributed by atoms with Crippen molar-refractivity contribution in [2.45, 2.75) is 20.0 Å². The molecule has 0 radical (unpaired) electrons. The van der Waals surface area contributed by atoms with E-state index in [9.17, 15) is 10.1 Å². The lowest BCUT2D eigenvalue weighted by molar-refractivity contribution is 0.0701. The Kier molecular flexibility index (Phi) is 4.41. The number of carboxylic acid groups (broad SMARTS) is 1. The number of ether oxygens (including phenoxy) is 1. The van der Waals surface area contributed by atoms with E-state index in [1.54, 1.807) is 12.1 Å². The molecule has 1 N–H and O–H groups in total. The quantitative estimate of drug-likeness (QED) is 0.736. The largest absolute Gasteiger partial charge is 0.491 e. The van der Waals surface area contributed by atoms with Gasteiger partial charge in [0, 0.05) is 0 Å². The summed E-state index contributed by atoms with van der Waals surface area (Å²) in [4.78, 5) is 15.9. The molecule has 0 aliphatic rings. The van der Waals surface area contributed by atoms with E-state index in [2.05, 4.69) is 11.1 Å². The van der Waals surface area contributed by atoms with Crippen LogP contribution in [-0.4, -0.2) is 22.2 Å². The number of fused-ring (bicyclic) bond motifs is 1. The minimum absolute atomic E-state index is 0.0163. The van der Waals surface area contributed by atoms with E-state index in [1.807, 2.05) is 26.0 Å². The van der Waals surface area contributed by atoms with Crippen LogP contribution in [0.15, 0.2) is 18.2 Å². The summed E-state index contributed by atoms with van der Waals surface area (Å²) >= 11 is 2.29. The Morgan fingerprint density at radius 3 is 2.56 bits per heavy atom. The van der Waals surface area contributed by atoms with Gasteiger partial charge in [-0.1, -0.05) is 0 Å². The van der Waals surface area contributed by atoms with Crippen LogP contribution in [0.4, 0.5) is 0 Å². The van der Waals surface area contributed by atoms with Gasteiger partial charge in [0.2, 0.25) is 0 Å². The van der Waals surface area contributed by atoms with Crippen LogP contribution in [0.2, 0.25) is 0 Å². The summed E-state index contributed by atoms with van der Waals surface area (Å²) in [6, 6.07) is 9.33. The number of hydrogen-bond acceptors (Lipinski definition) is 7. The molecular weight excluding hydrogens is 358 g/mol. The van der Waals surface area contributed by atoms with Crippen LogP contribution in [0.5, 0.6) is 5.75 Å². The number of nitriles is 2. The Hall–Kier alpha value is -2.94. The third kappa shape index (κ3) is 3.18. The van der Waals surface area contributed by atoms with Gasteiger partial charge in [0.05, 0.1) is 21.2 Å². The van der Waals surface area contributed by atoms with Crippen molar-refractivity contribution >= 4 is 38.7 Å². The summed E-state index contributed by atoms with van der Waals surface area (Å²) in [7, 11) is 0. The van der Waals surface area contributed by atoms with Crippen LogP contribution in [0.1, 0.15) is 34.8 Å². The first-order valence-electron chi connectivity index (χ1n) is 7.22. The molecule has 0 saturated heterocycles. The van der Waals surface area contributed by atoms with Crippen LogP contribution in [-0.2, 0) is 0 Å². The fraction of sp³-hybridized carbons (Fsp3) is 0.176. The highest BCUT2D eigenvalue weighted by Gasteiger charge is 2.20. The molecule has 0 aliphatic carbocycles. The standard InChI is InChI=1S/C17H11N3O3S2/c1-8(2)23-11-3-9-5-13(24-14(9)10(4-11)6-18)16-20-12(7-19)15(25-16)17(21)22/h3-5,8H,1-2H3,(H,21,22). The van der Waals surface area contributed by atoms with Crippen molar-refractivity contribution in [3.05, 3.63) is 34.3 Å². The van der Waals surface area contributed by atoms with Gasteiger partial charge in [-0.3, -0.25) is 0 Å². The number of hydrogen-bond donors (Lipinski definition) is 1. The summed E-state index contributed by atoms with van der Waals surface area (Å²) in [5.74, 6) is -0.571. The van der Waals surface area contributed by atoms with Gasteiger partial charge in [-0.15, -0.1) is 22.7 Å². The average molecular weight is 369 g/mol. The molecule has 3 aromatic rings. The minimum atomic E-state index is -1.17. The number of thiophene rings is 1. The number of aromatic nitrogens is 1. The summed E-state index contributed by atoms with van der Waals surface area (Å²) in [6.45, 7) is 3.81. The fourth-order valence-electron chi connectivity index (χ4n) is 2.30. The maximum absolute atomic E-state index is 11.2. The summed E-state index contributed by atoms with van der Waals surface area (Å²) in [6.07, 6.45) is -0.0163. The highest BCUT2D eigenvalue weighted by atomic mass is 32.1. The molecule has 124 valence electrons. The van der Waals surface area contributed by atoms with Gasteiger partial charge in [0.25, 0.3) is 0 Å². The minimum Gasteiger partial charge on any atom is -0.491 e. The van der Waals surface area contributed by atoms with Crippen LogP contribution in [0, 0.1) is 22.7 Å². The molecule has 0 amide bonds. The van der Waals surface area contributed by atoms with Crippen molar-refractivity contribution < 1.29 is 14.6 Å². The Morgan fingerprint density at radius 2 is 2.00 bits per heavy atom. The Bertz CT molecular complexity index is 1070. The molecule has 0 unspecified atom stereocenters. The number of thiazole rings is 1. The van der Waals surface area contributed by atoms with Gasteiger partial charge in [-0.2, -0.15) is 10.5 Å². The highest BCUT2D eigenvalue weighted by molar-refractivity contribution is 7.26. The van der Waals surface area contributed by atoms with E-state index in [0.29, 0.717) is 21.2 Å². The first kappa shape index (κ1) is 16.9. The smallest absolute Gasteiger partial charge is 0.348 e. The van der Waals surface area contributed by atoms with Crippen LogP contribution >= 0.6 is 22.7 Å². The second-order valence-corrected chi connectivity index (χ2v) is 7.44. The zero-order valence-corrected chi connectivity index (χ0v) is 14.9. The Labute approximate surface area is 151 Å². The van der Waals surface area contributed by atoms with Gasteiger partial charge in [0.15, 0.2) is 10.6 Å². The topological polar surface area (TPSA) is 107 Å². The molecule has 0 saturated carbocycles. The normalized spacial score (nSPS) is 10.6. The Morgan fingerprint density at radius 1 is 1.24 bits per heavy atom. The summed E-state index contributed by atoms with van der Waals surface area (Å²) < 4.78 is 6.45. The number of nitrogens with zero attached hydrogens (tertiary/aromatic N) is 3. The van der Waals surface area contributed by atoms with E-state index in [1.165, 1.54) is 11.3 Å². The molecule has 0 fully saturated rings. The number of carbonyl (C=O) groups is 1. The molecule has 0 aliphatic heterocycles. The molecule has 25 heavy (non-hydrogen) atoms. The molecule has 0 bridgehead atoms. The molecule has 8 heteroatoms. The molecular formula is C17H11N3O3S2. The lowest BCUT2D eigenvalue weighted by atomic mass is 10.1. The van der Waals surface area contributed by atoms with Gasteiger partial charge in [-0.25, -0.2) is 9.78 Å². The predicted molar refractivity (Wildman–Crippen MR) is 95.1 cm³/mol. The van der Waals surface area contributed by atoms with E-state index >= 15 is 0 Å². The van der Waals surface area contributed by atoms with Crippen molar-refractivity contribution in [1.29, 1.82) is 10.5 Å². The molecule has 2 aromatic heterocycles. The number of aromatic carboxylic acids is 1. The average Bonchev–Trinajstić information content (AvgIpc) is 3.16. The van der Waals surface area contributed by atoms with Crippen molar-refractivity contribution in [2.24, 2.45) is 0 Å². The second kappa shape index (κ2) is 6.52. The zero-order chi connectivity index (χ0) is 18.1. The van der Waals surface area contributed by atoms with Crippen LogP contribution in [0.3, 0.4) is 0 Å². The first-order chi connectivity index (χ1) is 11.9. The monoisotopic (exact) mass is 369 g/mol. The molecule has 1 aromatic carbocycles. The summed E-state index contributed by atoms with van der Waals surface area (Å²) in [5.41, 5.74) is 0.384. The van der Waals surface area contributed by atoms with E-state index in [0.717, 1.165) is 21.4 Å². The van der Waals surface area contributed by atoms with Crippen molar-refractivity contribution in [3.63, 3.8) is 0 Å². The SMILES string of the molecule is CC(C)Oc1cc(C#N)c2sc(-c3nc(C#N)c(C(=O)O)s3)cc2c1. The maximum atomic E-state index is 11.2.